The number of hydrogen-bond acceptors (Lipinski definition) is 7. The summed E-state index contributed by atoms with van der Waals surface area (Å²) in [5.41, 5.74) is 0.920. The molecule has 20 heavy (non-hydrogen) atoms. The minimum Gasteiger partial charge on any atom is -0.467 e. The number of nitrogens with zero attached hydrogens (tertiary/aromatic N) is 4. The van der Waals surface area contributed by atoms with Gasteiger partial charge in [-0.15, -0.1) is 4.98 Å². The molecule has 0 aliphatic rings. The van der Waals surface area contributed by atoms with Crippen molar-refractivity contribution in [1.29, 1.82) is 5.26 Å². The van der Waals surface area contributed by atoms with Gasteiger partial charge < -0.3 is 14.8 Å². The molecule has 0 unspecified atom stereocenters. The minimum atomic E-state index is 0.134. The zero-order chi connectivity index (χ0) is 14.4. The van der Waals surface area contributed by atoms with Gasteiger partial charge in [-0.1, -0.05) is 12.1 Å². The van der Waals surface area contributed by atoms with Crippen LogP contribution >= 0.6 is 0 Å². The maximum absolute atomic E-state index is 8.61. The van der Waals surface area contributed by atoms with E-state index in [1.54, 1.807) is 19.2 Å². The Kier molecular flexibility index (Phi) is 4.29. The average Bonchev–Trinajstić information content (AvgIpc) is 2.49. The lowest BCUT2D eigenvalue weighted by molar-refractivity contribution is 0.360. The van der Waals surface area contributed by atoms with Crippen LogP contribution in [0.25, 0.3) is 0 Å². The lowest BCUT2D eigenvalue weighted by Crippen LogP contribution is -2.03. The molecular weight excluding hydrogens is 258 g/mol. The maximum atomic E-state index is 8.61. The predicted octanol–water partition coefficient (Wildman–Crippen LogP) is 1.78. The number of anilines is 1. The van der Waals surface area contributed by atoms with Gasteiger partial charge in [-0.2, -0.15) is 15.2 Å². The Balaban J connectivity index is 2.18. The van der Waals surface area contributed by atoms with Crippen molar-refractivity contribution in [3.63, 3.8) is 0 Å². The van der Waals surface area contributed by atoms with Crippen LogP contribution in [0, 0.1) is 11.3 Å². The molecule has 0 aliphatic carbocycles. The molecule has 2 aromatic rings. The van der Waals surface area contributed by atoms with Crippen LogP contribution in [-0.2, 0) is 6.42 Å². The van der Waals surface area contributed by atoms with Gasteiger partial charge in [0.05, 0.1) is 19.6 Å². The highest BCUT2D eigenvalue weighted by atomic mass is 16.5. The molecule has 0 spiro atoms. The Morgan fingerprint density at radius 1 is 1.15 bits per heavy atom. The number of rotatable bonds is 5. The normalized spacial score (nSPS) is 9.65. The van der Waals surface area contributed by atoms with Crippen molar-refractivity contribution in [2.75, 3.05) is 19.5 Å². The third-order valence-corrected chi connectivity index (χ3v) is 2.42. The standard InChI is InChI=1S/C13H13N5O2/c1-15-11-16-12(19-2)18-13(17-11)20-10-5-3-9(4-6-10)7-8-14/h3-6H,7H2,1-2H3,(H,15,16,17,18). The lowest BCUT2D eigenvalue weighted by Gasteiger charge is -2.07. The summed E-state index contributed by atoms with van der Waals surface area (Å²) in [7, 11) is 3.16. The molecule has 7 nitrogen and oxygen atoms in total. The number of hydrogen-bond donors (Lipinski definition) is 1. The first-order valence-corrected chi connectivity index (χ1v) is 5.86. The summed E-state index contributed by atoms with van der Waals surface area (Å²) in [5, 5.41) is 11.4. The number of benzene rings is 1. The molecule has 102 valence electrons. The summed E-state index contributed by atoms with van der Waals surface area (Å²) in [6, 6.07) is 9.52. The van der Waals surface area contributed by atoms with E-state index in [0.29, 0.717) is 18.1 Å². The van der Waals surface area contributed by atoms with Gasteiger partial charge in [0.2, 0.25) is 5.95 Å². The van der Waals surface area contributed by atoms with Crippen LogP contribution < -0.4 is 14.8 Å². The molecule has 0 fully saturated rings. The van der Waals surface area contributed by atoms with Crippen molar-refractivity contribution < 1.29 is 9.47 Å². The number of ether oxygens (including phenoxy) is 2. The summed E-state index contributed by atoms with van der Waals surface area (Å²) in [5.74, 6) is 0.926. The van der Waals surface area contributed by atoms with Gasteiger partial charge in [-0.25, -0.2) is 0 Å². The summed E-state index contributed by atoms with van der Waals surface area (Å²) in [6.45, 7) is 0. The fourth-order valence-corrected chi connectivity index (χ4v) is 1.46. The van der Waals surface area contributed by atoms with Gasteiger partial charge in [0.25, 0.3) is 0 Å². The monoisotopic (exact) mass is 271 g/mol. The van der Waals surface area contributed by atoms with Crippen LogP contribution in [0.15, 0.2) is 24.3 Å². The van der Waals surface area contributed by atoms with E-state index in [4.69, 9.17) is 14.7 Å². The molecule has 7 heteroatoms. The highest BCUT2D eigenvalue weighted by Gasteiger charge is 2.07. The Morgan fingerprint density at radius 2 is 1.85 bits per heavy atom. The largest absolute Gasteiger partial charge is 0.467 e. The molecule has 0 atom stereocenters. The molecule has 1 aromatic heterocycles. The molecule has 2 rings (SSSR count). The quantitative estimate of drug-likeness (QED) is 0.885. The topological polar surface area (TPSA) is 93.0 Å². The van der Waals surface area contributed by atoms with Crippen LogP contribution in [0.1, 0.15) is 5.56 Å². The molecule has 0 radical (unpaired) electrons. The number of nitriles is 1. The van der Waals surface area contributed by atoms with Gasteiger partial charge in [0.1, 0.15) is 5.75 Å². The van der Waals surface area contributed by atoms with Crippen molar-refractivity contribution in [1.82, 2.24) is 15.0 Å². The molecule has 0 bridgehead atoms. The molecule has 1 aromatic carbocycles. The van der Waals surface area contributed by atoms with E-state index in [1.165, 1.54) is 7.11 Å². The highest BCUT2D eigenvalue weighted by Crippen LogP contribution is 2.20. The molecule has 1 heterocycles. The Bertz CT molecular complexity index is 599. The highest BCUT2D eigenvalue weighted by molar-refractivity contribution is 5.32. The van der Waals surface area contributed by atoms with Gasteiger partial charge in [0.15, 0.2) is 0 Å². The lowest BCUT2D eigenvalue weighted by atomic mass is 10.2. The molecule has 0 saturated heterocycles. The Morgan fingerprint density at radius 3 is 2.45 bits per heavy atom. The summed E-state index contributed by atoms with van der Waals surface area (Å²) in [6.07, 6.45) is 0.365. The van der Waals surface area contributed by atoms with Crippen molar-refractivity contribution in [2.45, 2.75) is 6.42 Å². The van der Waals surface area contributed by atoms with E-state index < -0.39 is 0 Å². The second-order valence-electron chi connectivity index (χ2n) is 3.76. The first-order chi connectivity index (χ1) is 9.75. The number of aromatic nitrogens is 3. The number of methoxy groups -OCH3 is 1. The third-order valence-electron chi connectivity index (χ3n) is 2.42. The Labute approximate surface area is 116 Å². The van der Waals surface area contributed by atoms with Gasteiger partial charge in [0, 0.05) is 7.05 Å². The predicted molar refractivity (Wildman–Crippen MR) is 71.8 cm³/mol. The van der Waals surface area contributed by atoms with Crippen LogP contribution in [0.2, 0.25) is 0 Å². The summed E-state index contributed by atoms with van der Waals surface area (Å²) in [4.78, 5) is 12.0. The SMILES string of the molecule is CNc1nc(OC)nc(Oc2ccc(CC#N)cc2)n1. The van der Waals surface area contributed by atoms with Crippen molar-refractivity contribution in [3.8, 4) is 23.8 Å². The van der Waals surface area contributed by atoms with Gasteiger partial charge in [-0.05, 0) is 17.7 Å². The van der Waals surface area contributed by atoms with E-state index >= 15 is 0 Å². The zero-order valence-corrected chi connectivity index (χ0v) is 11.1. The Hall–Kier alpha value is -2.88. The van der Waals surface area contributed by atoms with Crippen LogP contribution in [-0.4, -0.2) is 29.1 Å². The smallest absolute Gasteiger partial charge is 0.330 e. The third kappa shape index (κ3) is 3.32. The second-order valence-corrected chi connectivity index (χ2v) is 3.76. The zero-order valence-electron chi connectivity index (χ0n) is 11.1. The van der Waals surface area contributed by atoms with Crippen molar-refractivity contribution in [3.05, 3.63) is 29.8 Å². The fourth-order valence-electron chi connectivity index (χ4n) is 1.46. The molecule has 0 amide bonds. The first-order valence-electron chi connectivity index (χ1n) is 5.86. The van der Waals surface area contributed by atoms with Crippen molar-refractivity contribution in [2.24, 2.45) is 0 Å². The summed E-state index contributed by atoms with van der Waals surface area (Å²) >= 11 is 0. The van der Waals surface area contributed by atoms with Crippen LogP contribution in [0.4, 0.5) is 5.95 Å². The molecule has 0 saturated carbocycles. The van der Waals surface area contributed by atoms with E-state index in [0.717, 1.165) is 5.56 Å². The van der Waals surface area contributed by atoms with E-state index in [1.807, 2.05) is 12.1 Å². The number of nitrogens with one attached hydrogen (secondary N) is 1. The van der Waals surface area contributed by atoms with E-state index in [-0.39, 0.29) is 12.0 Å². The fraction of sp³-hybridized carbons (Fsp3) is 0.231. The van der Waals surface area contributed by atoms with E-state index in [2.05, 4.69) is 26.3 Å². The maximum Gasteiger partial charge on any atom is 0.330 e. The van der Waals surface area contributed by atoms with Gasteiger partial charge >= 0.3 is 12.0 Å². The van der Waals surface area contributed by atoms with Gasteiger partial charge in [-0.3, -0.25) is 0 Å². The van der Waals surface area contributed by atoms with E-state index in [9.17, 15) is 0 Å². The van der Waals surface area contributed by atoms with Crippen LogP contribution in [0.5, 0.6) is 17.8 Å². The second kappa shape index (κ2) is 6.33. The summed E-state index contributed by atoms with van der Waals surface area (Å²) < 4.78 is 10.5. The van der Waals surface area contributed by atoms with Crippen molar-refractivity contribution >= 4 is 5.95 Å². The van der Waals surface area contributed by atoms with Crippen LogP contribution in [0.3, 0.4) is 0 Å². The molecular formula is C13H13N5O2. The molecule has 0 aliphatic heterocycles. The average molecular weight is 271 g/mol. The molecule has 1 N–H and O–H groups in total. The first kappa shape index (κ1) is 13.5. The minimum absolute atomic E-state index is 0.134.